The lowest BCUT2D eigenvalue weighted by molar-refractivity contribution is -0.0290. The van der Waals surface area contributed by atoms with Gasteiger partial charge in [-0.05, 0) is 50.8 Å². The largest absolute Gasteiger partial charge is 0.388 e. The summed E-state index contributed by atoms with van der Waals surface area (Å²) in [5.41, 5.74) is 1.73. The number of rotatable bonds is 7. The van der Waals surface area contributed by atoms with Crippen molar-refractivity contribution >= 4 is 11.7 Å². The molecule has 22 heavy (non-hydrogen) atoms. The highest BCUT2D eigenvalue weighted by Crippen LogP contribution is 2.30. The van der Waals surface area contributed by atoms with Gasteiger partial charge in [0.15, 0.2) is 0 Å². The van der Waals surface area contributed by atoms with Gasteiger partial charge in [-0.2, -0.15) is 0 Å². The molecular formula is C17H27N3O2. The summed E-state index contributed by atoms with van der Waals surface area (Å²) in [5.74, 6) is 0. The highest BCUT2D eigenvalue weighted by atomic mass is 16.3. The van der Waals surface area contributed by atoms with Crippen molar-refractivity contribution in [2.24, 2.45) is 0 Å². The smallest absolute Gasteiger partial charge is 0.314 e. The van der Waals surface area contributed by atoms with E-state index in [-0.39, 0.29) is 6.03 Å². The lowest BCUT2D eigenvalue weighted by Crippen LogP contribution is -2.50. The van der Waals surface area contributed by atoms with E-state index in [1.165, 1.54) is 11.3 Å². The third kappa shape index (κ3) is 4.63. The van der Waals surface area contributed by atoms with Gasteiger partial charge in [0.25, 0.3) is 0 Å². The molecule has 0 atom stereocenters. The van der Waals surface area contributed by atoms with Crippen molar-refractivity contribution in [1.82, 2.24) is 10.6 Å². The first-order chi connectivity index (χ1) is 10.5. The number of urea groups is 1. The van der Waals surface area contributed by atoms with Gasteiger partial charge in [0.05, 0.1) is 5.60 Å². The van der Waals surface area contributed by atoms with E-state index < -0.39 is 5.60 Å². The fraction of sp³-hybridized carbons (Fsp3) is 0.588. The Morgan fingerprint density at radius 1 is 1.36 bits per heavy atom. The van der Waals surface area contributed by atoms with Gasteiger partial charge in [-0.25, -0.2) is 4.79 Å². The first-order valence-corrected chi connectivity index (χ1v) is 8.08. The number of nitrogens with zero attached hydrogens (tertiary/aromatic N) is 1. The summed E-state index contributed by atoms with van der Waals surface area (Å²) < 4.78 is 0. The predicted molar refractivity (Wildman–Crippen MR) is 89.3 cm³/mol. The van der Waals surface area contributed by atoms with Crippen molar-refractivity contribution in [3.63, 3.8) is 0 Å². The third-order valence-corrected chi connectivity index (χ3v) is 4.28. The van der Waals surface area contributed by atoms with Gasteiger partial charge in [0.1, 0.15) is 0 Å². The molecule has 3 N–H and O–H groups in total. The van der Waals surface area contributed by atoms with E-state index in [9.17, 15) is 9.90 Å². The molecule has 0 heterocycles. The van der Waals surface area contributed by atoms with Crippen molar-refractivity contribution in [3.8, 4) is 0 Å². The van der Waals surface area contributed by atoms with Crippen LogP contribution < -0.4 is 15.5 Å². The molecule has 0 radical (unpaired) electrons. The van der Waals surface area contributed by atoms with Gasteiger partial charge in [-0.3, -0.25) is 0 Å². The molecule has 5 nitrogen and oxygen atoms in total. The number of anilines is 1. The maximum Gasteiger partial charge on any atom is 0.314 e. The number of benzene rings is 1. The quantitative estimate of drug-likeness (QED) is 0.722. The molecular weight excluding hydrogens is 278 g/mol. The van der Waals surface area contributed by atoms with E-state index in [0.29, 0.717) is 13.1 Å². The molecule has 0 unspecified atom stereocenters. The van der Waals surface area contributed by atoms with E-state index in [0.717, 1.165) is 32.4 Å². The molecule has 0 spiro atoms. The van der Waals surface area contributed by atoms with Crippen molar-refractivity contribution in [2.75, 3.05) is 31.1 Å². The molecule has 1 aliphatic rings. The van der Waals surface area contributed by atoms with Crippen LogP contribution in [0.25, 0.3) is 0 Å². The number of aryl methyl sites for hydroxylation is 1. The minimum absolute atomic E-state index is 0.208. The molecule has 1 aliphatic carbocycles. The van der Waals surface area contributed by atoms with Crippen LogP contribution in [0, 0.1) is 6.92 Å². The first kappa shape index (κ1) is 16.6. The number of hydrogen-bond acceptors (Lipinski definition) is 3. The van der Waals surface area contributed by atoms with Crippen molar-refractivity contribution in [1.29, 1.82) is 0 Å². The molecule has 2 amide bonds. The second-order valence-electron chi connectivity index (χ2n) is 6.11. The molecule has 1 aromatic rings. The zero-order chi connectivity index (χ0) is 16.0. The Kier molecular flexibility index (Phi) is 5.66. The van der Waals surface area contributed by atoms with Crippen LogP contribution in [0.5, 0.6) is 0 Å². The number of hydrogen-bond donors (Lipinski definition) is 3. The van der Waals surface area contributed by atoms with Crippen molar-refractivity contribution in [2.45, 2.75) is 38.7 Å². The number of amides is 2. The maximum atomic E-state index is 11.7. The molecule has 0 aliphatic heterocycles. The fourth-order valence-corrected chi connectivity index (χ4v) is 2.67. The zero-order valence-corrected chi connectivity index (χ0v) is 13.6. The summed E-state index contributed by atoms with van der Waals surface area (Å²) in [6, 6.07) is 8.15. The lowest BCUT2D eigenvalue weighted by atomic mass is 9.80. The fourth-order valence-electron chi connectivity index (χ4n) is 2.67. The van der Waals surface area contributed by atoms with Crippen LogP contribution in [0.15, 0.2) is 24.3 Å². The Labute approximate surface area is 132 Å². The topological polar surface area (TPSA) is 64.6 Å². The minimum Gasteiger partial charge on any atom is -0.388 e. The van der Waals surface area contributed by atoms with Crippen LogP contribution in [-0.4, -0.2) is 42.9 Å². The Balaban J connectivity index is 1.70. The summed E-state index contributed by atoms with van der Waals surface area (Å²) in [7, 11) is 0. The van der Waals surface area contributed by atoms with Gasteiger partial charge in [-0.1, -0.05) is 12.1 Å². The van der Waals surface area contributed by atoms with E-state index in [4.69, 9.17) is 0 Å². The first-order valence-electron chi connectivity index (χ1n) is 8.08. The molecule has 5 heteroatoms. The maximum absolute atomic E-state index is 11.7. The van der Waals surface area contributed by atoms with Crippen LogP contribution in [0.2, 0.25) is 0 Å². The Morgan fingerprint density at radius 3 is 2.73 bits per heavy atom. The molecule has 122 valence electrons. The summed E-state index contributed by atoms with van der Waals surface area (Å²) >= 11 is 0. The Hall–Kier alpha value is -1.75. The van der Waals surface area contributed by atoms with Crippen molar-refractivity contribution < 1.29 is 9.90 Å². The average Bonchev–Trinajstić information content (AvgIpc) is 2.47. The van der Waals surface area contributed by atoms with Gasteiger partial charge in [-0.15, -0.1) is 0 Å². The SMILES string of the molecule is CCN(CCNC(=O)NCC1(O)CCC1)c1cccc(C)c1. The number of carbonyl (C=O) groups is 1. The van der Waals surface area contributed by atoms with Gasteiger partial charge in [0.2, 0.25) is 0 Å². The van der Waals surface area contributed by atoms with E-state index in [1.807, 2.05) is 6.07 Å². The number of carbonyl (C=O) groups excluding carboxylic acids is 1. The van der Waals surface area contributed by atoms with Crippen LogP contribution in [0.4, 0.5) is 10.5 Å². The minimum atomic E-state index is -0.672. The van der Waals surface area contributed by atoms with Gasteiger partial charge < -0.3 is 20.6 Å². The van der Waals surface area contributed by atoms with Crippen LogP contribution in [0.3, 0.4) is 0 Å². The Morgan fingerprint density at radius 2 is 2.14 bits per heavy atom. The molecule has 0 bridgehead atoms. The monoisotopic (exact) mass is 305 g/mol. The summed E-state index contributed by atoms with van der Waals surface area (Å²) in [6.07, 6.45) is 2.61. The van der Waals surface area contributed by atoms with E-state index in [1.54, 1.807) is 0 Å². The van der Waals surface area contributed by atoms with Crippen LogP contribution in [-0.2, 0) is 0 Å². The summed E-state index contributed by atoms with van der Waals surface area (Å²) in [4.78, 5) is 14.0. The number of aliphatic hydroxyl groups is 1. The van der Waals surface area contributed by atoms with Crippen molar-refractivity contribution in [3.05, 3.63) is 29.8 Å². The normalized spacial score (nSPS) is 15.8. The molecule has 1 aromatic carbocycles. The lowest BCUT2D eigenvalue weighted by Gasteiger charge is -2.36. The van der Waals surface area contributed by atoms with Crippen LogP contribution >= 0.6 is 0 Å². The summed E-state index contributed by atoms with van der Waals surface area (Å²) in [6.45, 7) is 6.76. The molecule has 0 saturated heterocycles. The van der Waals surface area contributed by atoms with E-state index >= 15 is 0 Å². The molecule has 1 saturated carbocycles. The number of nitrogens with one attached hydrogen (secondary N) is 2. The van der Waals surface area contributed by atoms with Gasteiger partial charge >= 0.3 is 6.03 Å². The average molecular weight is 305 g/mol. The highest BCUT2D eigenvalue weighted by molar-refractivity contribution is 5.74. The number of likely N-dealkylation sites (N-methyl/N-ethyl adjacent to an activating group) is 1. The van der Waals surface area contributed by atoms with Gasteiger partial charge in [0, 0.05) is 31.9 Å². The third-order valence-electron chi connectivity index (χ3n) is 4.28. The van der Waals surface area contributed by atoms with Crippen LogP contribution in [0.1, 0.15) is 31.7 Å². The predicted octanol–water partition coefficient (Wildman–Crippen LogP) is 2.04. The highest BCUT2D eigenvalue weighted by Gasteiger charge is 2.34. The standard InChI is InChI=1S/C17H27N3O2/c1-3-20(15-7-4-6-14(2)12-15)11-10-18-16(21)19-13-17(22)8-5-9-17/h4,6-7,12,22H,3,5,8-11,13H2,1-2H3,(H2,18,19,21). The second kappa shape index (κ2) is 7.49. The molecule has 2 rings (SSSR count). The molecule has 1 fully saturated rings. The zero-order valence-electron chi connectivity index (χ0n) is 13.6. The van der Waals surface area contributed by atoms with E-state index in [2.05, 4.69) is 47.6 Å². The summed E-state index contributed by atoms with van der Waals surface area (Å²) in [5, 5.41) is 15.5. The molecule has 0 aromatic heterocycles. The Bertz CT molecular complexity index is 500. The second-order valence-corrected chi connectivity index (χ2v) is 6.11.